The van der Waals surface area contributed by atoms with Crippen molar-refractivity contribution >= 4 is 33.8 Å². The van der Waals surface area contributed by atoms with Gasteiger partial charge in [-0.1, -0.05) is 11.6 Å². The van der Waals surface area contributed by atoms with Crippen molar-refractivity contribution in [1.29, 1.82) is 0 Å². The van der Waals surface area contributed by atoms with Crippen LogP contribution >= 0.6 is 22.9 Å². The number of benzene rings is 1. The van der Waals surface area contributed by atoms with Crippen LogP contribution in [-0.4, -0.2) is 40.5 Å². The number of hydrogen-bond acceptors (Lipinski definition) is 5. The van der Waals surface area contributed by atoms with E-state index >= 15 is 0 Å². The van der Waals surface area contributed by atoms with Crippen LogP contribution in [0.25, 0.3) is 4.96 Å². The van der Waals surface area contributed by atoms with Crippen LogP contribution in [0.3, 0.4) is 0 Å². The van der Waals surface area contributed by atoms with Gasteiger partial charge in [-0.25, -0.2) is 4.98 Å². The van der Waals surface area contributed by atoms with E-state index in [4.69, 9.17) is 21.1 Å². The van der Waals surface area contributed by atoms with Crippen LogP contribution in [0.4, 0.5) is 0 Å². The molecule has 1 aromatic carbocycles. The van der Waals surface area contributed by atoms with E-state index in [0.717, 1.165) is 21.9 Å². The first-order chi connectivity index (χ1) is 12.9. The highest BCUT2D eigenvalue weighted by Crippen LogP contribution is 2.38. The summed E-state index contributed by atoms with van der Waals surface area (Å²) in [5.74, 6) is 1.16. The number of hydrogen-bond donors (Lipinski definition) is 0. The molecule has 0 N–H and O–H groups in total. The molecule has 0 radical (unpaired) electrons. The second-order valence-electron chi connectivity index (χ2n) is 6.67. The number of carbonyl (C=O) groups is 1. The third-order valence-electron chi connectivity index (χ3n) is 4.57. The molecule has 6 nitrogen and oxygen atoms in total. The minimum absolute atomic E-state index is 0.00375. The van der Waals surface area contributed by atoms with Crippen molar-refractivity contribution in [3.05, 3.63) is 45.2 Å². The molecular formula is C19H20ClN3O3S. The van der Waals surface area contributed by atoms with Gasteiger partial charge in [0, 0.05) is 18.1 Å². The van der Waals surface area contributed by atoms with Crippen molar-refractivity contribution in [2.75, 3.05) is 20.3 Å². The maximum absolute atomic E-state index is 12.8. The average Bonchev–Trinajstić information content (AvgIpc) is 3.11. The van der Waals surface area contributed by atoms with Gasteiger partial charge in [0.15, 0.2) is 16.5 Å². The monoisotopic (exact) mass is 405 g/mol. The Kier molecular flexibility index (Phi) is 4.74. The van der Waals surface area contributed by atoms with E-state index in [1.807, 2.05) is 13.0 Å². The molecular weight excluding hydrogens is 386 g/mol. The predicted molar refractivity (Wildman–Crippen MR) is 105 cm³/mol. The molecule has 1 aliphatic rings. The summed E-state index contributed by atoms with van der Waals surface area (Å²) in [6.07, 6.45) is 2.31. The smallest absolute Gasteiger partial charge is 0.227 e. The maximum atomic E-state index is 12.8. The first-order valence-electron chi connectivity index (χ1n) is 8.68. The van der Waals surface area contributed by atoms with E-state index in [9.17, 15) is 4.79 Å². The molecule has 1 amide bonds. The van der Waals surface area contributed by atoms with Crippen LogP contribution < -0.4 is 9.47 Å². The molecule has 0 spiro atoms. The molecule has 8 heteroatoms. The fourth-order valence-corrected chi connectivity index (χ4v) is 4.37. The first-order valence-corrected chi connectivity index (χ1v) is 9.88. The SMILES string of the molecule is Cc1cn2c(CN(C)C(=O)Cc3cc(Cl)c4c(c3)OCCO4)c(C)nc2s1. The zero-order chi connectivity index (χ0) is 19.1. The number of fused-ring (bicyclic) bond motifs is 2. The second kappa shape index (κ2) is 7.05. The lowest BCUT2D eigenvalue weighted by molar-refractivity contribution is -0.129. The molecule has 0 atom stereocenters. The number of rotatable bonds is 4. The van der Waals surface area contributed by atoms with Crippen LogP contribution in [0.5, 0.6) is 11.5 Å². The standard InChI is InChI=1S/C19H20ClN3O3S/c1-11-9-23-15(12(2)21-19(23)27-11)10-22(3)17(24)8-13-6-14(20)18-16(7-13)25-4-5-26-18/h6-7,9H,4-5,8,10H2,1-3H3. The quantitative estimate of drug-likeness (QED) is 0.665. The lowest BCUT2D eigenvalue weighted by Gasteiger charge is -2.21. The third-order valence-corrected chi connectivity index (χ3v) is 5.74. The fraction of sp³-hybridized carbons (Fsp3) is 0.368. The number of ether oxygens (including phenoxy) is 2. The molecule has 27 heavy (non-hydrogen) atoms. The second-order valence-corrected chi connectivity index (χ2v) is 8.29. The van der Waals surface area contributed by atoms with Gasteiger partial charge in [-0.15, -0.1) is 11.3 Å². The largest absolute Gasteiger partial charge is 0.486 e. The van der Waals surface area contributed by atoms with Gasteiger partial charge in [-0.3, -0.25) is 9.20 Å². The van der Waals surface area contributed by atoms with E-state index in [1.165, 1.54) is 4.88 Å². The number of imidazole rings is 1. The number of thiazole rings is 1. The van der Waals surface area contributed by atoms with Crippen LogP contribution in [0.2, 0.25) is 5.02 Å². The van der Waals surface area contributed by atoms with Crippen molar-refractivity contribution in [1.82, 2.24) is 14.3 Å². The van der Waals surface area contributed by atoms with Gasteiger partial charge >= 0.3 is 0 Å². The lowest BCUT2D eigenvalue weighted by Crippen LogP contribution is -2.28. The van der Waals surface area contributed by atoms with Gasteiger partial charge in [-0.2, -0.15) is 0 Å². The summed E-state index contributed by atoms with van der Waals surface area (Å²) in [5, 5.41) is 0.472. The molecule has 3 aromatic rings. The summed E-state index contributed by atoms with van der Waals surface area (Å²) in [5.41, 5.74) is 2.79. The Morgan fingerprint density at radius 2 is 2.11 bits per heavy atom. The zero-order valence-electron chi connectivity index (χ0n) is 15.4. The summed E-state index contributed by atoms with van der Waals surface area (Å²) in [4.78, 5) is 21.2. The van der Waals surface area contributed by atoms with Gasteiger partial charge in [0.25, 0.3) is 0 Å². The topological polar surface area (TPSA) is 56.1 Å². The number of halogens is 1. The Hall–Kier alpha value is -2.25. The van der Waals surface area contributed by atoms with Gasteiger partial charge in [0.1, 0.15) is 13.2 Å². The van der Waals surface area contributed by atoms with Gasteiger partial charge in [0.05, 0.1) is 29.4 Å². The molecule has 142 valence electrons. The van der Waals surface area contributed by atoms with Crippen LogP contribution in [0.1, 0.15) is 21.8 Å². The van der Waals surface area contributed by atoms with Crippen molar-refractivity contribution < 1.29 is 14.3 Å². The van der Waals surface area contributed by atoms with Crippen LogP contribution in [0, 0.1) is 13.8 Å². The predicted octanol–water partition coefficient (Wildman–Crippen LogP) is 3.64. The molecule has 2 aromatic heterocycles. The molecule has 3 heterocycles. The summed E-state index contributed by atoms with van der Waals surface area (Å²) >= 11 is 7.92. The Bertz CT molecular complexity index is 1030. The zero-order valence-corrected chi connectivity index (χ0v) is 17.0. The Balaban J connectivity index is 1.51. The molecule has 0 fully saturated rings. The molecule has 0 aliphatic carbocycles. The van der Waals surface area contributed by atoms with E-state index in [0.29, 0.717) is 36.3 Å². The van der Waals surface area contributed by atoms with E-state index in [-0.39, 0.29) is 12.3 Å². The highest BCUT2D eigenvalue weighted by Gasteiger charge is 2.20. The first kappa shape index (κ1) is 18.1. The maximum Gasteiger partial charge on any atom is 0.227 e. The van der Waals surface area contributed by atoms with Crippen molar-refractivity contribution in [3.8, 4) is 11.5 Å². The van der Waals surface area contributed by atoms with Crippen LogP contribution in [-0.2, 0) is 17.8 Å². The summed E-state index contributed by atoms with van der Waals surface area (Å²) < 4.78 is 13.2. The van der Waals surface area contributed by atoms with Gasteiger partial charge in [-0.05, 0) is 31.5 Å². The number of carbonyl (C=O) groups excluding carboxylic acids is 1. The number of aromatic nitrogens is 2. The number of nitrogens with zero attached hydrogens (tertiary/aromatic N) is 3. The van der Waals surface area contributed by atoms with Crippen molar-refractivity contribution in [3.63, 3.8) is 0 Å². The van der Waals surface area contributed by atoms with E-state index in [1.54, 1.807) is 29.4 Å². The average molecular weight is 406 g/mol. The lowest BCUT2D eigenvalue weighted by atomic mass is 10.1. The molecule has 4 rings (SSSR count). The molecule has 1 aliphatic heterocycles. The minimum Gasteiger partial charge on any atom is -0.486 e. The Morgan fingerprint density at radius 3 is 2.93 bits per heavy atom. The van der Waals surface area contributed by atoms with E-state index < -0.39 is 0 Å². The molecule has 0 saturated carbocycles. The summed E-state index contributed by atoms with van der Waals surface area (Å²) in [7, 11) is 1.81. The van der Waals surface area contributed by atoms with Gasteiger partial charge in [0.2, 0.25) is 5.91 Å². The van der Waals surface area contributed by atoms with Crippen molar-refractivity contribution in [2.24, 2.45) is 0 Å². The summed E-state index contributed by atoms with van der Waals surface area (Å²) in [6, 6.07) is 3.60. The Morgan fingerprint density at radius 1 is 1.33 bits per heavy atom. The number of aryl methyl sites for hydroxylation is 2. The molecule has 0 unspecified atom stereocenters. The van der Waals surface area contributed by atoms with Crippen molar-refractivity contribution in [2.45, 2.75) is 26.8 Å². The van der Waals surface area contributed by atoms with Crippen LogP contribution in [0.15, 0.2) is 18.3 Å². The van der Waals surface area contributed by atoms with E-state index in [2.05, 4.69) is 22.5 Å². The summed E-state index contributed by atoms with van der Waals surface area (Å²) in [6.45, 7) is 5.49. The highest BCUT2D eigenvalue weighted by molar-refractivity contribution is 7.17. The van der Waals surface area contributed by atoms with Gasteiger partial charge < -0.3 is 14.4 Å². The fourth-order valence-electron chi connectivity index (χ4n) is 3.19. The third kappa shape index (κ3) is 3.49. The molecule has 0 saturated heterocycles. The highest BCUT2D eigenvalue weighted by atomic mass is 35.5. The normalized spacial score (nSPS) is 13.2. The number of amides is 1. The Labute approximate surface area is 166 Å². The minimum atomic E-state index is 0.00375. The number of likely N-dealkylation sites (N-methyl/N-ethyl adjacent to an activating group) is 1. The molecule has 0 bridgehead atoms.